The van der Waals surface area contributed by atoms with E-state index in [0.717, 1.165) is 40.7 Å². The number of ether oxygens (including phenoxy) is 2. The van der Waals surface area contributed by atoms with Crippen molar-refractivity contribution in [1.29, 1.82) is 0 Å². The van der Waals surface area contributed by atoms with Crippen LogP contribution in [0.15, 0.2) is 66.7 Å². The molecular weight excluding hydrogens is 476 g/mol. The highest BCUT2D eigenvalue weighted by atomic mass is 35.5. The van der Waals surface area contributed by atoms with Crippen molar-refractivity contribution in [3.05, 3.63) is 77.3 Å². The van der Waals surface area contributed by atoms with Crippen LogP contribution in [0.2, 0.25) is 5.02 Å². The lowest BCUT2D eigenvalue weighted by atomic mass is 10.1. The number of tetrazole rings is 1. The van der Waals surface area contributed by atoms with E-state index in [1.807, 2.05) is 61.5 Å². The molecule has 2 heterocycles. The Hall–Kier alpha value is -3.78. The van der Waals surface area contributed by atoms with Crippen molar-refractivity contribution in [3.63, 3.8) is 0 Å². The minimum absolute atomic E-state index is 0.261. The molecule has 9 heteroatoms. The van der Waals surface area contributed by atoms with Crippen LogP contribution in [0.25, 0.3) is 5.69 Å². The number of nitrogens with zero attached hydrogens (tertiary/aromatic N) is 5. The lowest BCUT2D eigenvalue weighted by molar-refractivity contribution is 0.315. The molecule has 0 amide bonds. The van der Waals surface area contributed by atoms with Gasteiger partial charge in [0.1, 0.15) is 0 Å². The quantitative estimate of drug-likeness (QED) is 0.294. The fourth-order valence-corrected chi connectivity index (χ4v) is 4.60. The molecule has 186 valence electrons. The predicted molar refractivity (Wildman–Crippen MR) is 142 cm³/mol. The predicted octanol–water partition coefficient (Wildman–Crippen LogP) is 6.11. The van der Waals surface area contributed by atoms with Gasteiger partial charge < -0.3 is 19.7 Å². The second-order valence-electron chi connectivity index (χ2n) is 8.59. The Morgan fingerprint density at radius 3 is 2.56 bits per heavy atom. The average molecular weight is 505 g/mol. The topological polar surface area (TPSA) is 77.3 Å². The third-order valence-corrected chi connectivity index (χ3v) is 6.39. The van der Waals surface area contributed by atoms with E-state index >= 15 is 0 Å². The van der Waals surface area contributed by atoms with Crippen molar-refractivity contribution in [2.45, 2.75) is 32.7 Å². The number of hydrogen-bond acceptors (Lipinski definition) is 7. The largest absolute Gasteiger partial charge is 0.490 e. The van der Waals surface area contributed by atoms with Crippen LogP contribution in [0.1, 0.15) is 31.7 Å². The van der Waals surface area contributed by atoms with Gasteiger partial charge in [-0.2, -0.15) is 4.68 Å². The zero-order valence-corrected chi connectivity index (χ0v) is 21.0. The smallest absolute Gasteiger partial charge is 0.346 e. The molecule has 3 aromatic carbocycles. The van der Waals surface area contributed by atoms with Crippen molar-refractivity contribution in [1.82, 2.24) is 20.2 Å². The molecular formula is C27H29ClN6O2. The summed E-state index contributed by atoms with van der Waals surface area (Å²) in [5.74, 6) is 1.17. The van der Waals surface area contributed by atoms with Crippen molar-refractivity contribution in [2.75, 3.05) is 29.9 Å². The third kappa shape index (κ3) is 5.54. The Labute approximate surface area is 215 Å². The molecule has 0 saturated carbocycles. The highest BCUT2D eigenvalue weighted by molar-refractivity contribution is 6.33. The highest BCUT2D eigenvalue weighted by Gasteiger charge is 2.16. The number of benzene rings is 3. The van der Waals surface area contributed by atoms with Crippen molar-refractivity contribution < 1.29 is 9.47 Å². The number of piperidine rings is 1. The summed E-state index contributed by atoms with van der Waals surface area (Å²) in [7, 11) is 0. The summed E-state index contributed by atoms with van der Waals surface area (Å²) in [6, 6.07) is 21.9. The Balaban J connectivity index is 1.28. The molecule has 5 rings (SSSR count). The molecule has 0 bridgehead atoms. The average Bonchev–Trinajstić information content (AvgIpc) is 3.38. The zero-order chi connectivity index (χ0) is 24.7. The molecule has 4 aromatic rings. The lowest BCUT2D eigenvalue weighted by Crippen LogP contribution is -2.29. The number of hydrogen-bond donors (Lipinski definition) is 1. The Bertz CT molecular complexity index is 1290. The van der Waals surface area contributed by atoms with Crippen molar-refractivity contribution >= 4 is 23.0 Å². The normalized spacial score (nSPS) is 13.4. The van der Waals surface area contributed by atoms with Gasteiger partial charge in [0.15, 0.2) is 11.5 Å². The first kappa shape index (κ1) is 23.9. The molecule has 1 aliphatic heterocycles. The summed E-state index contributed by atoms with van der Waals surface area (Å²) < 4.78 is 13.5. The fraction of sp³-hybridized carbons (Fsp3) is 0.296. The molecule has 0 unspecified atom stereocenters. The summed E-state index contributed by atoms with van der Waals surface area (Å²) in [5.41, 5.74) is 3.94. The molecule has 8 nitrogen and oxygen atoms in total. The molecule has 0 aliphatic carbocycles. The first-order valence-electron chi connectivity index (χ1n) is 12.3. The van der Waals surface area contributed by atoms with Gasteiger partial charge in [0.2, 0.25) is 0 Å². The summed E-state index contributed by atoms with van der Waals surface area (Å²) in [4.78, 5) is 2.37. The van der Waals surface area contributed by atoms with Crippen LogP contribution in [0.3, 0.4) is 0 Å². The summed E-state index contributed by atoms with van der Waals surface area (Å²) in [5, 5.41) is 16.1. The van der Waals surface area contributed by atoms with Gasteiger partial charge in [0.05, 0.1) is 23.0 Å². The number of nitrogens with one attached hydrogen (secondary N) is 1. The Kier molecular flexibility index (Phi) is 7.52. The first-order chi connectivity index (χ1) is 17.7. The number of para-hydroxylation sites is 1. The fourth-order valence-electron chi connectivity index (χ4n) is 4.30. The van der Waals surface area contributed by atoms with Gasteiger partial charge in [-0.25, -0.2) is 0 Å². The van der Waals surface area contributed by atoms with E-state index in [1.165, 1.54) is 19.3 Å². The summed E-state index contributed by atoms with van der Waals surface area (Å²) in [6.07, 6.45) is 3.74. The maximum Gasteiger partial charge on any atom is 0.346 e. The zero-order valence-electron chi connectivity index (χ0n) is 20.2. The van der Waals surface area contributed by atoms with Crippen LogP contribution in [0, 0.1) is 0 Å². The van der Waals surface area contributed by atoms with Crippen LogP contribution in [0.4, 0.5) is 11.4 Å². The van der Waals surface area contributed by atoms with E-state index in [1.54, 1.807) is 4.68 Å². The third-order valence-electron chi connectivity index (χ3n) is 6.09. The van der Waals surface area contributed by atoms with Gasteiger partial charge in [-0.3, -0.25) is 0 Å². The first-order valence-corrected chi connectivity index (χ1v) is 12.6. The minimum Gasteiger partial charge on any atom is -0.490 e. The SMILES string of the molecule is CCOc1cc(CNc2ccc(N3CCCCC3)c(Cl)c2)ccc1Oc1nnnn1-c1ccccc1. The number of rotatable bonds is 9. The van der Waals surface area contributed by atoms with Crippen molar-refractivity contribution in [3.8, 4) is 23.2 Å². The van der Waals surface area contributed by atoms with Crippen LogP contribution in [-0.2, 0) is 6.54 Å². The summed E-state index contributed by atoms with van der Waals surface area (Å²) >= 11 is 6.62. The maximum atomic E-state index is 6.62. The van der Waals surface area contributed by atoms with E-state index < -0.39 is 0 Å². The second-order valence-corrected chi connectivity index (χ2v) is 9.00. The molecule has 1 fully saturated rings. The van der Waals surface area contributed by atoms with Gasteiger partial charge >= 0.3 is 6.01 Å². The van der Waals surface area contributed by atoms with Crippen LogP contribution < -0.4 is 19.7 Å². The Morgan fingerprint density at radius 1 is 0.944 bits per heavy atom. The van der Waals surface area contributed by atoms with Crippen LogP contribution in [-0.4, -0.2) is 39.9 Å². The monoisotopic (exact) mass is 504 g/mol. The van der Waals surface area contributed by atoms with Gasteiger partial charge in [-0.05, 0) is 84.6 Å². The molecule has 0 atom stereocenters. The molecule has 0 radical (unpaired) electrons. The molecule has 1 N–H and O–H groups in total. The maximum absolute atomic E-state index is 6.62. The van der Waals surface area contributed by atoms with Gasteiger partial charge in [-0.15, -0.1) is 0 Å². The summed E-state index contributed by atoms with van der Waals surface area (Å²) in [6.45, 7) is 5.19. The van der Waals surface area contributed by atoms with E-state index in [-0.39, 0.29) is 6.01 Å². The number of halogens is 1. The van der Waals surface area contributed by atoms with Crippen molar-refractivity contribution in [2.24, 2.45) is 0 Å². The lowest BCUT2D eigenvalue weighted by Gasteiger charge is -2.29. The molecule has 1 aliphatic rings. The van der Waals surface area contributed by atoms with E-state index in [2.05, 4.69) is 37.9 Å². The Morgan fingerprint density at radius 2 is 1.78 bits per heavy atom. The number of aromatic nitrogens is 4. The van der Waals surface area contributed by atoms with Crippen LogP contribution >= 0.6 is 11.6 Å². The second kappa shape index (κ2) is 11.3. The standard InChI is InChI=1S/C27H29ClN6O2/c1-2-35-26-17-20(19-29-21-12-13-24(23(28)18-21)33-15-7-4-8-16-33)11-14-25(26)36-27-30-31-32-34(27)22-9-5-3-6-10-22/h3,5-6,9-14,17-18,29H,2,4,7-8,15-16,19H2,1H3. The van der Waals surface area contributed by atoms with Crippen LogP contribution in [0.5, 0.6) is 17.5 Å². The number of anilines is 2. The highest BCUT2D eigenvalue weighted by Crippen LogP contribution is 2.34. The van der Waals surface area contributed by atoms with Gasteiger partial charge in [0.25, 0.3) is 0 Å². The molecule has 1 aromatic heterocycles. The van der Waals surface area contributed by atoms with Gasteiger partial charge in [-0.1, -0.05) is 41.0 Å². The molecule has 36 heavy (non-hydrogen) atoms. The van der Waals surface area contributed by atoms with Gasteiger partial charge in [0, 0.05) is 25.3 Å². The van der Waals surface area contributed by atoms with E-state index in [0.29, 0.717) is 24.7 Å². The molecule has 1 saturated heterocycles. The van der Waals surface area contributed by atoms with E-state index in [9.17, 15) is 0 Å². The van der Waals surface area contributed by atoms with E-state index in [4.69, 9.17) is 21.1 Å². The minimum atomic E-state index is 0.261. The molecule has 0 spiro atoms.